The van der Waals surface area contributed by atoms with Gasteiger partial charge in [-0.15, -0.1) is 0 Å². The number of hydrogen-bond donors (Lipinski definition) is 1. The maximum Gasteiger partial charge on any atom is 0.143 e. The van der Waals surface area contributed by atoms with Crippen LogP contribution < -0.4 is 4.74 Å². The number of aliphatic hydroxyl groups excluding tert-OH is 1. The lowest BCUT2D eigenvalue weighted by Gasteiger charge is -2.09. The van der Waals surface area contributed by atoms with Gasteiger partial charge in [0.1, 0.15) is 18.1 Å². The lowest BCUT2D eigenvalue weighted by atomic mass is 10.3. The van der Waals surface area contributed by atoms with Crippen LogP contribution >= 0.6 is 0 Å². The Kier molecular flexibility index (Phi) is 4.35. The number of pyridine rings is 1. The van der Waals surface area contributed by atoms with E-state index >= 15 is 0 Å². The zero-order chi connectivity index (χ0) is 10.4. The van der Waals surface area contributed by atoms with Crippen LogP contribution in [0.1, 0.15) is 11.4 Å². The Hall–Kier alpha value is -1.13. The quantitative estimate of drug-likeness (QED) is 0.713. The molecule has 0 aliphatic rings. The first-order chi connectivity index (χ1) is 6.77. The van der Waals surface area contributed by atoms with Crippen LogP contribution in [0.15, 0.2) is 12.1 Å². The van der Waals surface area contributed by atoms with Crippen LogP contribution in [-0.4, -0.2) is 30.4 Å². The molecule has 0 bridgehead atoms. The fraction of sp³-hybridized carbons (Fsp3) is 0.500. The van der Waals surface area contributed by atoms with Crippen molar-refractivity contribution in [3.63, 3.8) is 0 Å². The summed E-state index contributed by atoms with van der Waals surface area (Å²) in [6.45, 7) is 2.76. The molecule has 0 saturated heterocycles. The number of aryl methyl sites for hydroxylation is 1. The second kappa shape index (κ2) is 5.57. The summed E-state index contributed by atoms with van der Waals surface area (Å²) in [4.78, 5) is 4.15. The van der Waals surface area contributed by atoms with Gasteiger partial charge in [0.15, 0.2) is 0 Å². The molecule has 1 aromatic heterocycles. The van der Waals surface area contributed by atoms with Crippen LogP contribution in [0.3, 0.4) is 0 Å². The van der Waals surface area contributed by atoms with Gasteiger partial charge in [0.05, 0.1) is 13.2 Å². The van der Waals surface area contributed by atoms with E-state index in [0.717, 1.165) is 5.69 Å². The van der Waals surface area contributed by atoms with E-state index in [1.807, 2.05) is 19.1 Å². The topological polar surface area (TPSA) is 51.6 Å². The van der Waals surface area contributed by atoms with E-state index in [1.54, 1.807) is 7.11 Å². The summed E-state index contributed by atoms with van der Waals surface area (Å²) in [6, 6.07) is 3.66. The highest BCUT2D eigenvalue weighted by Crippen LogP contribution is 2.16. The molecule has 4 nitrogen and oxygen atoms in total. The molecule has 0 aliphatic heterocycles. The standard InChI is InChI=1S/C10H15NO3/c1-8-3-4-10(9(7-12)11-8)14-6-5-13-2/h3-4,12H,5-7H2,1-2H3. The summed E-state index contributed by atoms with van der Waals surface area (Å²) in [5.74, 6) is 0.621. The molecule has 78 valence electrons. The fourth-order valence-corrected chi connectivity index (χ4v) is 1.08. The highest BCUT2D eigenvalue weighted by atomic mass is 16.5. The largest absolute Gasteiger partial charge is 0.489 e. The Morgan fingerprint density at radius 3 is 2.79 bits per heavy atom. The van der Waals surface area contributed by atoms with Crippen LogP contribution in [0.25, 0.3) is 0 Å². The Morgan fingerprint density at radius 1 is 1.36 bits per heavy atom. The number of nitrogens with zero attached hydrogens (tertiary/aromatic N) is 1. The van der Waals surface area contributed by atoms with Crippen LogP contribution in [0.5, 0.6) is 5.75 Å². The molecule has 0 saturated carbocycles. The zero-order valence-electron chi connectivity index (χ0n) is 8.49. The Balaban J connectivity index is 2.65. The Morgan fingerprint density at radius 2 is 2.14 bits per heavy atom. The van der Waals surface area contributed by atoms with E-state index in [9.17, 15) is 0 Å². The minimum Gasteiger partial charge on any atom is -0.489 e. The Bertz CT molecular complexity index is 289. The highest BCUT2D eigenvalue weighted by molar-refractivity contribution is 5.28. The predicted octanol–water partition coefficient (Wildman–Crippen LogP) is 0.908. The third-order valence-corrected chi connectivity index (χ3v) is 1.77. The van der Waals surface area contributed by atoms with Gasteiger partial charge in [-0.2, -0.15) is 0 Å². The number of aliphatic hydroxyl groups is 1. The lowest BCUT2D eigenvalue weighted by Crippen LogP contribution is -2.07. The summed E-state index contributed by atoms with van der Waals surface area (Å²) < 4.78 is 10.2. The fourth-order valence-electron chi connectivity index (χ4n) is 1.08. The third-order valence-electron chi connectivity index (χ3n) is 1.77. The summed E-state index contributed by atoms with van der Waals surface area (Å²) in [5, 5.41) is 9.03. The maximum atomic E-state index is 9.03. The van der Waals surface area contributed by atoms with Crippen LogP contribution in [0, 0.1) is 6.92 Å². The molecule has 0 unspecified atom stereocenters. The molecule has 1 N–H and O–H groups in total. The molecular weight excluding hydrogens is 182 g/mol. The molecule has 4 heteroatoms. The van der Waals surface area contributed by atoms with Gasteiger partial charge in [-0.1, -0.05) is 0 Å². The number of methoxy groups -OCH3 is 1. The van der Waals surface area contributed by atoms with Crippen LogP contribution in [0.4, 0.5) is 0 Å². The molecule has 0 aromatic carbocycles. The molecule has 1 aromatic rings. The van der Waals surface area contributed by atoms with E-state index in [4.69, 9.17) is 14.6 Å². The molecule has 1 rings (SSSR count). The van der Waals surface area contributed by atoms with Gasteiger partial charge >= 0.3 is 0 Å². The van der Waals surface area contributed by atoms with Crippen molar-refractivity contribution in [3.05, 3.63) is 23.5 Å². The molecule has 14 heavy (non-hydrogen) atoms. The van der Waals surface area contributed by atoms with Crippen molar-refractivity contribution in [3.8, 4) is 5.75 Å². The molecule has 1 heterocycles. The summed E-state index contributed by atoms with van der Waals surface area (Å²) in [7, 11) is 1.61. The van der Waals surface area contributed by atoms with Crippen molar-refractivity contribution in [2.24, 2.45) is 0 Å². The minimum atomic E-state index is -0.107. The average molecular weight is 197 g/mol. The monoisotopic (exact) mass is 197 g/mol. The number of aromatic nitrogens is 1. The SMILES string of the molecule is COCCOc1ccc(C)nc1CO. The van der Waals surface area contributed by atoms with Gasteiger partial charge in [-0.3, -0.25) is 4.98 Å². The lowest BCUT2D eigenvalue weighted by molar-refractivity contribution is 0.144. The van der Waals surface area contributed by atoms with Crippen molar-refractivity contribution in [1.29, 1.82) is 0 Å². The summed E-state index contributed by atoms with van der Waals surface area (Å²) in [5.41, 5.74) is 1.44. The van der Waals surface area contributed by atoms with Gasteiger partial charge in [0, 0.05) is 12.8 Å². The summed E-state index contributed by atoms with van der Waals surface area (Å²) in [6.07, 6.45) is 0. The van der Waals surface area contributed by atoms with Crippen molar-refractivity contribution in [1.82, 2.24) is 4.98 Å². The van der Waals surface area contributed by atoms with E-state index in [-0.39, 0.29) is 6.61 Å². The van der Waals surface area contributed by atoms with E-state index in [0.29, 0.717) is 24.7 Å². The minimum absolute atomic E-state index is 0.107. The zero-order valence-corrected chi connectivity index (χ0v) is 8.49. The molecular formula is C10H15NO3. The van der Waals surface area contributed by atoms with Crippen molar-refractivity contribution in [2.75, 3.05) is 20.3 Å². The van der Waals surface area contributed by atoms with Crippen molar-refractivity contribution >= 4 is 0 Å². The van der Waals surface area contributed by atoms with Crippen LogP contribution in [-0.2, 0) is 11.3 Å². The van der Waals surface area contributed by atoms with E-state index in [1.165, 1.54) is 0 Å². The third kappa shape index (κ3) is 2.97. The van der Waals surface area contributed by atoms with E-state index in [2.05, 4.69) is 4.98 Å². The maximum absolute atomic E-state index is 9.03. The average Bonchev–Trinajstić information content (AvgIpc) is 2.20. The summed E-state index contributed by atoms with van der Waals surface area (Å²) >= 11 is 0. The highest BCUT2D eigenvalue weighted by Gasteiger charge is 2.03. The van der Waals surface area contributed by atoms with E-state index < -0.39 is 0 Å². The molecule has 0 atom stereocenters. The molecule has 0 aliphatic carbocycles. The van der Waals surface area contributed by atoms with Gasteiger partial charge < -0.3 is 14.6 Å². The Labute approximate surface area is 83.5 Å². The van der Waals surface area contributed by atoms with Gasteiger partial charge in [-0.25, -0.2) is 0 Å². The number of ether oxygens (including phenoxy) is 2. The van der Waals surface area contributed by atoms with Gasteiger partial charge in [-0.05, 0) is 19.1 Å². The first-order valence-corrected chi connectivity index (χ1v) is 4.47. The van der Waals surface area contributed by atoms with Crippen molar-refractivity contribution in [2.45, 2.75) is 13.5 Å². The van der Waals surface area contributed by atoms with Crippen molar-refractivity contribution < 1.29 is 14.6 Å². The van der Waals surface area contributed by atoms with Gasteiger partial charge in [0.2, 0.25) is 0 Å². The van der Waals surface area contributed by atoms with Gasteiger partial charge in [0.25, 0.3) is 0 Å². The first-order valence-electron chi connectivity index (χ1n) is 4.47. The molecule has 0 amide bonds. The molecule has 0 fully saturated rings. The molecule has 0 radical (unpaired) electrons. The molecule has 0 spiro atoms. The van der Waals surface area contributed by atoms with Crippen LogP contribution in [0.2, 0.25) is 0 Å². The predicted molar refractivity (Wildman–Crippen MR) is 52.3 cm³/mol. The normalized spacial score (nSPS) is 10.2. The number of hydrogen-bond acceptors (Lipinski definition) is 4. The second-order valence-electron chi connectivity index (χ2n) is 2.90. The number of rotatable bonds is 5. The first kappa shape index (κ1) is 10.9. The second-order valence-corrected chi connectivity index (χ2v) is 2.90. The smallest absolute Gasteiger partial charge is 0.143 e.